The van der Waals surface area contributed by atoms with Gasteiger partial charge in [0.1, 0.15) is 5.78 Å². The van der Waals surface area contributed by atoms with Gasteiger partial charge in [0.25, 0.3) is 0 Å². The van der Waals surface area contributed by atoms with Gasteiger partial charge in [0.2, 0.25) is 0 Å². The lowest BCUT2D eigenvalue weighted by Crippen LogP contribution is -2.26. The summed E-state index contributed by atoms with van der Waals surface area (Å²) < 4.78 is 1.05. The highest BCUT2D eigenvalue weighted by Gasteiger charge is 2.18. The van der Waals surface area contributed by atoms with Crippen LogP contribution in [0.1, 0.15) is 25.1 Å². The molecule has 1 aromatic rings. The first-order valence-electron chi connectivity index (χ1n) is 5.48. The van der Waals surface area contributed by atoms with Crippen LogP contribution in [0.2, 0.25) is 0 Å². The number of carbonyl (C=O) groups is 1. The zero-order valence-electron chi connectivity index (χ0n) is 9.70. The van der Waals surface area contributed by atoms with Crippen molar-refractivity contribution in [2.24, 2.45) is 17.6 Å². The van der Waals surface area contributed by atoms with E-state index in [4.69, 9.17) is 5.73 Å². The van der Waals surface area contributed by atoms with Gasteiger partial charge in [-0.05, 0) is 34.3 Å². The Morgan fingerprint density at radius 2 is 2.25 bits per heavy atom. The quantitative estimate of drug-likeness (QED) is 0.876. The monoisotopic (exact) mass is 303 g/mol. The van der Waals surface area contributed by atoms with E-state index in [9.17, 15) is 4.79 Å². The maximum atomic E-state index is 12.0. The van der Waals surface area contributed by atoms with Gasteiger partial charge in [-0.15, -0.1) is 11.3 Å². The topological polar surface area (TPSA) is 43.1 Å². The summed E-state index contributed by atoms with van der Waals surface area (Å²) >= 11 is 5.01. The Labute approximate surface area is 109 Å². The molecule has 90 valence electrons. The van der Waals surface area contributed by atoms with E-state index in [-0.39, 0.29) is 11.7 Å². The van der Waals surface area contributed by atoms with Crippen molar-refractivity contribution in [1.82, 2.24) is 0 Å². The van der Waals surface area contributed by atoms with Gasteiger partial charge in [0.15, 0.2) is 0 Å². The lowest BCUT2D eigenvalue weighted by molar-refractivity contribution is -0.122. The summed E-state index contributed by atoms with van der Waals surface area (Å²) in [6, 6.07) is 2.01. The number of halogens is 1. The van der Waals surface area contributed by atoms with Crippen molar-refractivity contribution in [1.29, 1.82) is 0 Å². The lowest BCUT2D eigenvalue weighted by atomic mass is 9.91. The van der Waals surface area contributed by atoms with E-state index >= 15 is 0 Å². The second-order valence-electron chi connectivity index (χ2n) is 4.44. The third-order valence-corrected chi connectivity index (χ3v) is 4.16. The van der Waals surface area contributed by atoms with Crippen LogP contribution in [0.5, 0.6) is 0 Å². The number of rotatable bonds is 6. The Kier molecular flexibility index (Phi) is 5.66. The molecule has 1 rings (SSSR count). The number of nitrogens with two attached hydrogens (primary N) is 1. The molecule has 0 aliphatic rings. The third kappa shape index (κ3) is 4.36. The van der Waals surface area contributed by atoms with Crippen molar-refractivity contribution in [3.05, 3.63) is 20.8 Å². The first kappa shape index (κ1) is 13.9. The van der Waals surface area contributed by atoms with Gasteiger partial charge in [0.05, 0.1) is 0 Å². The van der Waals surface area contributed by atoms with Crippen LogP contribution in [0, 0.1) is 11.8 Å². The van der Waals surface area contributed by atoms with Crippen molar-refractivity contribution < 1.29 is 4.79 Å². The number of thiophene rings is 1. The molecule has 0 aromatic carbocycles. The van der Waals surface area contributed by atoms with Crippen molar-refractivity contribution >= 4 is 33.0 Å². The van der Waals surface area contributed by atoms with E-state index in [1.165, 1.54) is 0 Å². The standard InChI is InChI=1S/C12H18BrNOS/c1-8(2)3-9(6-14)12(15)5-11-4-10(13)7-16-11/h4,7-9H,3,5-6,14H2,1-2H3. The van der Waals surface area contributed by atoms with Crippen molar-refractivity contribution in [3.8, 4) is 0 Å². The van der Waals surface area contributed by atoms with Crippen LogP contribution in [0.25, 0.3) is 0 Å². The van der Waals surface area contributed by atoms with Crippen LogP contribution in [-0.2, 0) is 11.2 Å². The maximum Gasteiger partial charge on any atom is 0.142 e. The Morgan fingerprint density at radius 1 is 1.56 bits per heavy atom. The van der Waals surface area contributed by atoms with Gasteiger partial charge in [-0.1, -0.05) is 13.8 Å². The number of carbonyl (C=O) groups excluding carboxylic acids is 1. The second-order valence-corrected chi connectivity index (χ2v) is 6.35. The minimum absolute atomic E-state index is 0.0147. The van der Waals surface area contributed by atoms with Crippen molar-refractivity contribution in [2.75, 3.05) is 6.54 Å². The molecule has 0 aliphatic heterocycles. The molecule has 0 aliphatic carbocycles. The summed E-state index contributed by atoms with van der Waals surface area (Å²) in [6.07, 6.45) is 1.41. The zero-order chi connectivity index (χ0) is 12.1. The van der Waals surface area contributed by atoms with E-state index in [1.54, 1.807) is 11.3 Å². The smallest absolute Gasteiger partial charge is 0.142 e. The van der Waals surface area contributed by atoms with E-state index in [1.807, 2.05) is 11.4 Å². The summed E-state index contributed by atoms with van der Waals surface area (Å²) in [5, 5.41) is 2.00. The molecule has 0 saturated carbocycles. The molecule has 0 spiro atoms. The lowest BCUT2D eigenvalue weighted by Gasteiger charge is -2.15. The van der Waals surface area contributed by atoms with Crippen LogP contribution in [0.15, 0.2) is 15.9 Å². The van der Waals surface area contributed by atoms with Gasteiger partial charge in [-0.2, -0.15) is 0 Å². The highest BCUT2D eigenvalue weighted by Crippen LogP contribution is 2.22. The minimum atomic E-state index is 0.0147. The summed E-state index contributed by atoms with van der Waals surface area (Å²) in [7, 11) is 0. The summed E-state index contributed by atoms with van der Waals surface area (Å²) in [5.74, 6) is 0.805. The predicted octanol–water partition coefficient (Wildman–Crippen LogP) is 3.24. The van der Waals surface area contributed by atoms with Crippen LogP contribution in [0.3, 0.4) is 0 Å². The Balaban J connectivity index is 2.55. The third-order valence-electron chi connectivity index (χ3n) is 2.47. The second kappa shape index (κ2) is 6.52. The van der Waals surface area contributed by atoms with E-state index in [2.05, 4.69) is 29.8 Å². The average Bonchev–Trinajstić information content (AvgIpc) is 2.60. The van der Waals surface area contributed by atoms with Gasteiger partial charge in [0, 0.05) is 33.6 Å². The minimum Gasteiger partial charge on any atom is -0.330 e. The molecule has 2 nitrogen and oxygen atoms in total. The van der Waals surface area contributed by atoms with E-state index in [0.29, 0.717) is 18.9 Å². The molecule has 0 radical (unpaired) electrons. The zero-order valence-corrected chi connectivity index (χ0v) is 12.1. The molecule has 0 amide bonds. The van der Waals surface area contributed by atoms with Gasteiger partial charge < -0.3 is 5.73 Å². The Morgan fingerprint density at radius 3 is 2.69 bits per heavy atom. The summed E-state index contributed by atoms with van der Waals surface area (Å²) in [5.41, 5.74) is 5.65. The molecule has 4 heteroatoms. The van der Waals surface area contributed by atoms with Crippen molar-refractivity contribution in [3.63, 3.8) is 0 Å². The fourth-order valence-electron chi connectivity index (χ4n) is 1.69. The first-order chi connectivity index (χ1) is 7.52. The summed E-state index contributed by atoms with van der Waals surface area (Å²) in [4.78, 5) is 13.1. The van der Waals surface area contributed by atoms with Crippen LogP contribution in [0.4, 0.5) is 0 Å². The number of Topliss-reactive ketones (excluding diaryl/α,β-unsaturated/α-hetero) is 1. The van der Waals surface area contributed by atoms with E-state index in [0.717, 1.165) is 15.8 Å². The largest absolute Gasteiger partial charge is 0.330 e. The maximum absolute atomic E-state index is 12.0. The molecule has 0 bridgehead atoms. The fourth-order valence-corrected chi connectivity index (χ4v) is 3.15. The van der Waals surface area contributed by atoms with E-state index < -0.39 is 0 Å². The molecular formula is C12H18BrNOS. The number of hydrogen-bond donors (Lipinski definition) is 1. The molecule has 1 atom stereocenters. The average molecular weight is 304 g/mol. The number of hydrogen-bond acceptors (Lipinski definition) is 3. The Hall–Kier alpha value is -0.190. The van der Waals surface area contributed by atoms with Crippen LogP contribution >= 0.6 is 27.3 Å². The van der Waals surface area contributed by atoms with Gasteiger partial charge >= 0.3 is 0 Å². The highest BCUT2D eigenvalue weighted by atomic mass is 79.9. The molecular weight excluding hydrogens is 286 g/mol. The van der Waals surface area contributed by atoms with Crippen molar-refractivity contribution in [2.45, 2.75) is 26.7 Å². The van der Waals surface area contributed by atoms with Crippen LogP contribution in [-0.4, -0.2) is 12.3 Å². The molecule has 1 heterocycles. The molecule has 16 heavy (non-hydrogen) atoms. The molecule has 0 saturated heterocycles. The molecule has 0 fully saturated rings. The normalized spacial score (nSPS) is 13.1. The van der Waals surface area contributed by atoms with Gasteiger partial charge in [-0.3, -0.25) is 4.79 Å². The Bertz CT molecular complexity index is 349. The SMILES string of the molecule is CC(C)CC(CN)C(=O)Cc1cc(Br)cs1. The first-order valence-corrected chi connectivity index (χ1v) is 7.16. The molecule has 1 unspecified atom stereocenters. The molecule has 2 N–H and O–H groups in total. The summed E-state index contributed by atoms with van der Waals surface area (Å²) in [6.45, 7) is 4.71. The predicted molar refractivity (Wildman–Crippen MR) is 72.7 cm³/mol. The van der Waals surface area contributed by atoms with Crippen LogP contribution < -0.4 is 5.73 Å². The fraction of sp³-hybridized carbons (Fsp3) is 0.583. The highest BCUT2D eigenvalue weighted by molar-refractivity contribution is 9.10. The van der Waals surface area contributed by atoms with Gasteiger partial charge in [-0.25, -0.2) is 0 Å². The molecule has 1 aromatic heterocycles. The number of ketones is 1.